The van der Waals surface area contributed by atoms with Crippen molar-refractivity contribution in [3.8, 4) is 0 Å². The Morgan fingerprint density at radius 2 is 2.09 bits per heavy atom. The van der Waals surface area contributed by atoms with E-state index in [1.165, 1.54) is 18.4 Å². The quantitative estimate of drug-likeness (QED) is 0.775. The van der Waals surface area contributed by atoms with Crippen molar-refractivity contribution in [1.82, 2.24) is 4.90 Å². The molecule has 0 spiro atoms. The number of hydrogen-bond donors (Lipinski definition) is 2. The van der Waals surface area contributed by atoms with E-state index in [-0.39, 0.29) is 24.3 Å². The van der Waals surface area contributed by atoms with Crippen molar-refractivity contribution in [2.45, 2.75) is 12.8 Å². The van der Waals surface area contributed by atoms with Crippen LogP contribution in [0.4, 0.5) is 5.69 Å². The molecule has 0 aliphatic carbocycles. The Balaban J connectivity index is 1.85. The van der Waals surface area contributed by atoms with Gasteiger partial charge in [-0.1, -0.05) is 0 Å². The average molecular weight is 325 g/mol. The minimum absolute atomic E-state index is 0.0953. The van der Waals surface area contributed by atoms with Crippen molar-refractivity contribution >= 4 is 34.8 Å². The van der Waals surface area contributed by atoms with Gasteiger partial charge in [-0.05, 0) is 37.4 Å². The highest BCUT2D eigenvalue weighted by Crippen LogP contribution is 2.23. The highest BCUT2D eigenvalue weighted by molar-refractivity contribution is 7.12. The number of amides is 2. The predicted octanol–water partition coefficient (Wildman–Crippen LogP) is 0.670. The maximum Gasteiger partial charge on any atom is 0.350 e. The van der Waals surface area contributed by atoms with Crippen LogP contribution >= 0.6 is 11.3 Å². The summed E-state index contributed by atoms with van der Waals surface area (Å²) in [4.78, 5) is 37.1. The van der Waals surface area contributed by atoms with E-state index in [0.717, 1.165) is 0 Å². The molecule has 0 atom stereocenters. The molecule has 0 radical (unpaired) electrons. The smallest absolute Gasteiger partial charge is 0.350 e. The largest absolute Gasteiger partial charge is 0.465 e. The van der Waals surface area contributed by atoms with Gasteiger partial charge in [0.15, 0.2) is 0 Å². The molecule has 1 aromatic heterocycles. The molecule has 22 heavy (non-hydrogen) atoms. The fourth-order valence-electron chi connectivity index (χ4n) is 2.43. The van der Waals surface area contributed by atoms with E-state index in [9.17, 15) is 14.4 Å². The van der Waals surface area contributed by atoms with E-state index in [0.29, 0.717) is 36.5 Å². The lowest BCUT2D eigenvalue weighted by Crippen LogP contribution is -2.42. The van der Waals surface area contributed by atoms with Crippen LogP contribution in [0.2, 0.25) is 0 Å². The Kier molecular flexibility index (Phi) is 5.51. The number of rotatable bonds is 5. The number of hydrogen-bond acceptors (Lipinski definition) is 6. The number of esters is 1. The van der Waals surface area contributed by atoms with Gasteiger partial charge in [0, 0.05) is 5.92 Å². The van der Waals surface area contributed by atoms with Gasteiger partial charge in [-0.25, -0.2) is 4.79 Å². The van der Waals surface area contributed by atoms with E-state index < -0.39 is 5.97 Å². The maximum absolute atomic E-state index is 12.1. The maximum atomic E-state index is 12.1. The predicted molar refractivity (Wildman–Crippen MR) is 82.6 cm³/mol. The number of carbonyl (C=O) groups is 3. The van der Waals surface area contributed by atoms with Crippen molar-refractivity contribution in [2.24, 2.45) is 11.7 Å². The van der Waals surface area contributed by atoms with Crippen LogP contribution in [0.25, 0.3) is 0 Å². The molecule has 2 rings (SSSR count). The molecule has 1 aromatic rings. The Bertz CT molecular complexity index is 564. The first kappa shape index (κ1) is 16.4. The fourth-order valence-corrected chi connectivity index (χ4v) is 3.19. The van der Waals surface area contributed by atoms with Gasteiger partial charge in [-0.2, -0.15) is 0 Å². The van der Waals surface area contributed by atoms with Gasteiger partial charge in [-0.3, -0.25) is 14.5 Å². The first-order chi connectivity index (χ1) is 10.5. The van der Waals surface area contributed by atoms with Crippen molar-refractivity contribution in [2.75, 3.05) is 32.1 Å². The topological polar surface area (TPSA) is 102 Å². The third kappa shape index (κ3) is 4.05. The lowest BCUT2D eigenvalue weighted by Gasteiger charge is -2.29. The number of nitrogens with one attached hydrogen (secondary N) is 1. The molecular weight excluding hydrogens is 306 g/mol. The van der Waals surface area contributed by atoms with Gasteiger partial charge in [0.2, 0.25) is 11.8 Å². The van der Waals surface area contributed by atoms with Crippen LogP contribution in [0.1, 0.15) is 22.5 Å². The summed E-state index contributed by atoms with van der Waals surface area (Å²) >= 11 is 1.22. The van der Waals surface area contributed by atoms with E-state index in [4.69, 9.17) is 5.73 Å². The molecule has 8 heteroatoms. The van der Waals surface area contributed by atoms with Gasteiger partial charge in [-0.15, -0.1) is 11.3 Å². The van der Waals surface area contributed by atoms with Gasteiger partial charge in [0.1, 0.15) is 4.88 Å². The fraction of sp³-hybridized carbons (Fsp3) is 0.500. The summed E-state index contributed by atoms with van der Waals surface area (Å²) < 4.78 is 4.67. The first-order valence-corrected chi connectivity index (χ1v) is 7.86. The third-order valence-corrected chi connectivity index (χ3v) is 4.56. The number of likely N-dealkylation sites (tertiary alicyclic amines) is 1. The minimum atomic E-state index is -0.465. The highest BCUT2D eigenvalue weighted by Gasteiger charge is 2.24. The molecule has 0 bridgehead atoms. The molecule has 1 aliphatic rings. The van der Waals surface area contributed by atoms with Gasteiger partial charge >= 0.3 is 5.97 Å². The number of thiophene rings is 1. The Morgan fingerprint density at radius 1 is 1.41 bits per heavy atom. The van der Waals surface area contributed by atoms with E-state index in [1.54, 1.807) is 11.4 Å². The van der Waals surface area contributed by atoms with Crippen LogP contribution in [-0.4, -0.2) is 49.4 Å². The molecule has 7 nitrogen and oxygen atoms in total. The number of nitrogens with two attached hydrogens (primary N) is 1. The van der Waals surface area contributed by atoms with Crippen LogP contribution < -0.4 is 11.1 Å². The molecule has 120 valence electrons. The van der Waals surface area contributed by atoms with Crippen LogP contribution in [0.5, 0.6) is 0 Å². The van der Waals surface area contributed by atoms with E-state index >= 15 is 0 Å². The highest BCUT2D eigenvalue weighted by atomic mass is 32.1. The molecule has 2 amide bonds. The summed E-state index contributed by atoms with van der Waals surface area (Å²) in [6.07, 6.45) is 1.35. The molecule has 0 aromatic carbocycles. The second kappa shape index (κ2) is 7.37. The zero-order chi connectivity index (χ0) is 16.1. The van der Waals surface area contributed by atoms with Crippen LogP contribution in [-0.2, 0) is 14.3 Å². The molecular formula is C14H19N3O4S. The molecule has 1 saturated heterocycles. The molecule has 2 heterocycles. The number of piperidine rings is 1. The average Bonchev–Trinajstić information content (AvgIpc) is 2.95. The van der Waals surface area contributed by atoms with Crippen LogP contribution in [0, 0.1) is 5.92 Å². The Morgan fingerprint density at radius 3 is 2.68 bits per heavy atom. The van der Waals surface area contributed by atoms with Crippen molar-refractivity contribution < 1.29 is 19.1 Å². The summed E-state index contributed by atoms with van der Waals surface area (Å²) in [6, 6.07) is 1.67. The zero-order valence-corrected chi connectivity index (χ0v) is 13.1. The SMILES string of the molecule is COC(=O)c1sccc1NC(=O)CN1CCC(C(N)=O)CC1. The summed E-state index contributed by atoms with van der Waals surface area (Å²) in [5.74, 6) is -1.03. The number of anilines is 1. The number of carbonyl (C=O) groups excluding carboxylic acids is 3. The molecule has 1 fully saturated rings. The van der Waals surface area contributed by atoms with Crippen molar-refractivity contribution in [3.05, 3.63) is 16.3 Å². The monoisotopic (exact) mass is 325 g/mol. The summed E-state index contributed by atoms with van der Waals surface area (Å²) in [5, 5.41) is 4.45. The molecule has 0 unspecified atom stereocenters. The number of methoxy groups -OCH3 is 1. The van der Waals surface area contributed by atoms with Crippen LogP contribution in [0.3, 0.4) is 0 Å². The Hall–Kier alpha value is -1.93. The lowest BCUT2D eigenvalue weighted by atomic mass is 9.96. The minimum Gasteiger partial charge on any atom is -0.465 e. The zero-order valence-electron chi connectivity index (χ0n) is 12.3. The number of primary amides is 1. The van der Waals surface area contributed by atoms with E-state index in [2.05, 4.69) is 10.1 Å². The first-order valence-electron chi connectivity index (χ1n) is 6.98. The van der Waals surface area contributed by atoms with Gasteiger partial charge < -0.3 is 15.8 Å². The second-order valence-corrected chi connectivity index (χ2v) is 6.07. The van der Waals surface area contributed by atoms with Gasteiger partial charge in [0.05, 0.1) is 19.3 Å². The lowest BCUT2D eigenvalue weighted by molar-refractivity contribution is -0.123. The summed E-state index contributed by atoms with van der Waals surface area (Å²) in [6.45, 7) is 1.55. The van der Waals surface area contributed by atoms with Crippen molar-refractivity contribution in [1.29, 1.82) is 0 Å². The third-order valence-electron chi connectivity index (χ3n) is 3.67. The number of ether oxygens (including phenoxy) is 1. The van der Waals surface area contributed by atoms with Crippen molar-refractivity contribution in [3.63, 3.8) is 0 Å². The molecule has 3 N–H and O–H groups in total. The van der Waals surface area contributed by atoms with Crippen LogP contribution in [0.15, 0.2) is 11.4 Å². The normalized spacial score (nSPS) is 16.2. The standard InChI is InChI=1S/C14H19N3O4S/c1-21-14(20)12-10(4-7-22-12)16-11(18)8-17-5-2-9(3-6-17)13(15)19/h4,7,9H,2-3,5-6,8H2,1H3,(H2,15,19)(H,16,18). The Labute approximate surface area is 132 Å². The summed E-state index contributed by atoms with van der Waals surface area (Å²) in [7, 11) is 1.30. The molecule has 0 saturated carbocycles. The summed E-state index contributed by atoms with van der Waals surface area (Å²) in [5.41, 5.74) is 5.75. The second-order valence-electron chi connectivity index (χ2n) is 5.16. The van der Waals surface area contributed by atoms with Gasteiger partial charge in [0.25, 0.3) is 0 Å². The molecule has 1 aliphatic heterocycles. The number of nitrogens with zero attached hydrogens (tertiary/aromatic N) is 1. The van der Waals surface area contributed by atoms with E-state index in [1.807, 2.05) is 4.90 Å².